The summed E-state index contributed by atoms with van der Waals surface area (Å²) in [7, 11) is 1.32. The van der Waals surface area contributed by atoms with Crippen molar-refractivity contribution in [2.75, 3.05) is 32.2 Å². The van der Waals surface area contributed by atoms with Crippen molar-refractivity contribution in [2.45, 2.75) is 18.9 Å². The number of anilines is 1. The van der Waals surface area contributed by atoms with Crippen molar-refractivity contribution in [2.24, 2.45) is 0 Å². The number of nitrogens with zero attached hydrogens (tertiary/aromatic N) is 1. The monoisotopic (exact) mass is 430 g/mol. The van der Waals surface area contributed by atoms with Crippen LogP contribution in [0.4, 0.5) is 11.4 Å². The number of nitrogens with one attached hydrogen (secondary N) is 1. The first-order valence-electron chi connectivity index (χ1n) is 9.60. The van der Waals surface area contributed by atoms with Crippen molar-refractivity contribution in [3.8, 4) is 11.5 Å². The van der Waals surface area contributed by atoms with E-state index >= 15 is 0 Å². The van der Waals surface area contributed by atoms with Crippen LogP contribution in [-0.2, 0) is 14.3 Å². The number of ether oxygens (including phenoxy) is 4. The van der Waals surface area contributed by atoms with Crippen molar-refractivity contribution in [3.63, 3.8) is 0 Å². The van der Waals surface area contributed by atoms with Gasteiger partial charge in [0.25, 0.3) is 11.6 Å². The number of nitro groups is 1. The van der Waals surface area contributed by atoms with Crippen molar-refractivity contribution >= 4 is 23.3 Å². The molecule has 1 N–H and O–H groups in total. The minimum atomic E-state index is -0.670. The number of benzene rings is 2. The quantitative estimate of drug-likeness (QED) is 0.366. The fourth-order valence-corrected chi connectivity index (χ4v) is 2.95. The summed E-state index contributed by atoms with van der Waals surface area (Å²) in [6.45, 7) is 0.676. The third-order valence-corrected chi connectivity index (χ3v) is 4.55. The van der Waals surface area contributed by atoms with Crippen LogP contribution in [0.15, 0.2) is 42.5 Å². The highest BCUT2D eigenvalue weighted by Crippen LogP contribution is 2.29. The number of amides is 1. The van der Waals surface area contributed by atoms with Crippen molar-refractivity contribution in [3.05, 3.63) is 58.1 Å². The fourth-order valence-electron chi connectivity index (χ4n) is 2.95. The first-order valence-corrected chi connectivity index (χ1v) is 9.60. The molecule has 0 spiro atoms. The Labute approximate surface area is 178 Å². The second-order valence-electron chi connectivity index (χ2n) is 6.74. The van der Waals surface area contributed by atoms with E-state index in [-0.39, 0.29) is 28.8 Å². The van der Waals surface area contributed by atoms with Gasteiger partial charge in [-0.2, -0.15) is 0 Å². The normalized spacial score (nSPS) is 15.2. The molecule has 10 nitrogen and oxygen atoms in total. The van der Waals surface area contributed by atoms with E-state index in [1.165, 1.54) is 25.3 Å². The molecule has 0 bridgehead atoms. The van der Waals surface area contributed by atoms with Crippen LogP contribution in [0.25, 0.3) is 0 Å². The molecular formula is C21H22N2O8. The molecule has 31 heavy (non-hydrogen) atoms. The van der Waals surface area contributed by atoms with E-state index in [9.17, 15) is 19.7 Å². The number of esters is 1. The van der Waals surface area contributed by atoms with Crippen molar-refractivity contribution in [1.82, 2.24) is 0 Å². The molecule has 1 aliphatic heterocycles. The zero-order valence-electron chi connectivity index (χ0n) is 16.9. The lowest BCUT2D eigenvalue weighted by atomic mass is 10.2. The Hall–Kier alpha value is -3.66. The third-order valence-electron chi connectivity index (χ3n) is 4.55. The van der Waals surface area contributed by atoms with Crippen molar-refractivity contribution < 1.29 is 33.5 Å². The highest BCUT2D eigenvalue weighted by atomic mass is 16.6. The summed E-state index contributed by atoms with van der Waals surface area (Å²) in [5, 5.41) is 13.3. The van der Waals surface area contributed by atoms with Gasteiger partial charge in [-0.3, -0.25) is 14.9 Å². The first kappa shape index (κ1) is 22.0. The molecule has 2 aromatic carbocycles. The lowest BCUT2D eigenvalue weighted by Gasteiger charge is -2.12. The highest BCUT2D eigenvalue weighted by molar-refractivity contribution is 5.96. The van der Waals surface area contributed by atoms with Gasteiger partial charge in [-0.05, 0) is 43.2 Å². The second kappa shape index (κ2) is 10.4. The number of hydrogen-bond donors (Lipinski definition) is 1. The van der Waals surface area contributed by atoms with Crippen LogP contribution < -0.4 is 14.8 Å². The lowest BCUT2D eigenvalue weighted by molar-refractivity contribution is -0.384. The topological polar surface area (TPSA) is 126 Å². The first-order chi connectivity index (χ1) is 15.0. The molecule has 1 atom stereocenters. The van der Waals surface area contributed by atoms with E-state index in [0.29, 0.717) is 12.4 Å². The molecular weight excluding hydrogens is 408 g/mol. The van der Waals surface area contributed by atoms with Gasteiger partial charge in [-0.15, -0.1) is 0 Å². The summed E-state index contributed by atoms with van der Waals surface area (Å²) < 4.78 is 21.2. The summed E-state index contributed by atoms with van der Waals surface area (Å²) in [5.74, 6) is -0.559. The molecule has 1 heterocycles. The molecule has 10 heteroatoms. The Morgan fingerprint density at radius 3 is 2.65 bits per heavy atom. The lowest BCUT2D eigenvalue weighted by Crippen LogP contribution is -2.21. The number of methoxy groups -OCH3 is 1. The van der Waals surface area contributed by atoms with Crippen LogP contribution in [0.5, 0.6) is 11.5 Å². The molecule has 3 rings (SSSR count). The van der Waals surface area contributed by atoms with Gasteiger partial charge in [0, 0.05) is 12.7 Å². The Kier molecular flexibility index (Phi) is 7.39. The number of carbonyl (C=O) groups excluding carboxylic acids is 2. The molecule has 1 unspecified atom stereocenters. The van der Waals surface area contributed by atoms with Gasteiger partial charge >= 0.3 is 5.97 Å². The van der Waals surface area contributed by atoms with E-state index in [0.717, 1.165) is 19.4 Å². The van der Waals surface area contributed by atoms with Crippen LogP contribution >= 0.6 is 0 Å². The summed E-state index contributed by atoms with van der Waals surface area (Å²) in [5.41, 5.74) is 0.316. The molecule has 0 radical (unpaired) electrons. The minimum absolute atomic E-state index is 0.0949. The van der Waals surface area contributed by atoms with Crippen LogP contribution in [0, 0.1) is 10.1 Å². The van der Waals surface area contributed by atoms with Gasteiger partial charge in [0.15, 0.2) is 6.61 Å². The van der Waals surface area contributed by atoms with Gasteiger partial charge in [0.05, 0.1) is 35.5 Å². The maximum atomic E-state index is 12.2. The zero-order valence-corrected chi connectivity index (χ0v) is 16.9. The van der Waals surface area contributed by atoms with E-state index in [1.807, 2.05) is 0 Å². The molecule has 0 saturated carbocycles. The van der Waals surface area contributed by atoms with Gasteiger partial charge < -0.3 is 24.3 Å². The Balaban J connectivity index is 1.48. The van der Waals surface area contributed by atoms with E-state index in [1.54, 1.807) is 24.3 Å². The van der Waals surface area contributed by atoms with E-state index in [2.05, 4.69) is 5.32 Å². The predicted octanol–water partition coefficient (Wildman–Crippen LogP) is 2.96. The Morgan fingerprint density at radius 1 is 1.23 bits per heavy atom. The predicted molar refractivity (Wildman–Crippen MR) is 109 cm³/mol. The molecule has 0 aliphatic carbocycles. The molecule has 164 valence electrons. The Morgan fingerprint density at radius 2 is 2.00 bits per heavy atom. The third kappa shape index (κ3) is 6.16. The largest absolute Gasteiger partial charge is 0.494 e. The number of nitro benzene ring substituents is 1. The summed E-state index contributed by atoms with van der Waals surface area (Å²) in [6, 6.07) is 10.1. The summed E-state index contributed by atoms with van der Waals surface area (Å²) in [6.07, 6.45) is 2.10. The molecule has 2 aromatic rings. The average Bonchev–Trinajstić information content (AvgIpc) is 3.30. The summed E-state index contributed by atoms with van der Waals surface area (Å²) >= 11 is 0. The van der Waals surface area contributed by atoms with E-state index < -0.39 is 23.4 Å². The van der Waals surface area contributed by atoms with Gasteiger partial charge in [0.1, 0.15) is 18.1 Å². The zero-order chi connectivity index (χ0) is 22.2. The molecule has 1 aliphatic rings. The van der Waals surface area contributed by atoms with Crippen molar-refractivity contribution in [1.29, 1.82) is 0 Å². The van der Waals surface area contributed by atoms with Crippen LogP contribution in [-0.4, -0.2) is 49.8 Å². The van der Waals surface area contributed by atoms with Gasteiger partial charge in [-0.25, -0.2) is 4.79 Å². The number of rotatable bonds is 9. The number of carbonyl (C=O) groups is 2. The minimum Gasteiger partial charge on any atom is -0.494 e. The Bertz CT molecular complexity index is 939. The molecule has 0 aromatic heterocycles. The smallest absolute Gasteiger partial charge is 0.338 e. The average molecular weight is 430 g/mol. The molecule has 1 amide bonds. The SMILES string of the molecule is COc1cc([N+](=O)[O-])ccc1NC(=O)COC(=O)c1ccc(OCC2CCCO2)cc1. The van der Waals surface area contributed by atoms with Crippen LogP contribution in [0.1, 0.15) is 23.2 Å². The number of hydrogen-bond acceptors (Lipinski definition) is 8. The van der Waals surface area contributed by atoms with Crippen LogP contribution in [0.2, 0.25) is 0 Å². The van der Waals surface area contributed by atoms with Gasteiger partial charge in [0.2, 0.25) is 0 Å². The molecule has 1 fully saturated rings. The fraction of sp³-hybridized carbons (Fsp3) is 0.333. The van der Waals surface area contributed by atoms with Gasteiger partial charge in [-0.1, -0.05) is 0 Å². The molecule has 1 saturated heterocycles. The standard InChI is InChI=1S/C21H22N2O8/c1-28-19-11-15(23(26)27)6-9-18(19)22-20(24)13-31-21(25)14-4-7-16(8-5-14)30-12-17-3-2-10-29-17/h4-9,11,17H,2-3,10,12-13H2,1H3,(H,22,24). The van der Waals surface area contributed by atoms with E-state index in [4.69, 9.17) is 18.9 Å². The maximum Gasteiger partial charge on any atom is 0.338 e. The van der Waals surface area contributed by atoms with Crippen LogP contribution in [0.3, 0.4) is 0 Å². The second-order valence-corrected chi connectivity index (χ2v) is 6.74. The maximum absolute atomic E-state index is 12.2. The summed E-state index contributed by atoms with van der Waals surface area (Å²) in [4.78, 5) is 34.5. The highest BCUT2D eigenvalue weighted by Gasteiger charge is 2.17. The number of non-ortho nitro benzene ring substituents is 1.